The fourth-order valence-corrected chi connectivity index (χ4v) is 3.66. The van der Waals surface area contributed by atoms with Crippen LogP contribution in [-0.2, 0) is 11.3 Å². The third-order valence-corrected chi connectivity index (χ3v) is 5.32. The lowest BCUT2D eigenvalue weighted by Gasteiger charge is -2.26. The van der Waals surface area contributed by atoms with Crippen molar-refractivity contribution in [3.63, 3.8) is 0 Å². The van der Waals surface area contributed by atoms with Crippen LogP contribution in [-0.4, -0.2) is 27.5 Å². The van der Waals surface area contributed by atoms with Crippen LogP contribution in [0.15, 0.2) is 102 Å². The molecule has 0 aliphatic carbocycles. The fourth-order valence-electron chi connectivity index (χ4n) is 3.54. The van der Waals surface area contributed by atoms with Crippen molar-refractivity contribution in [2.75, 3.05) is 6.54 Å². The number of aromatic nitrogens is 2. The van der Waals surface area contributed by atoms with E-state index in [9.17, 15) is 4.79 Å². The van der Waals surface area contributed by atoms with E-state index in [0.29, 0.717) is 23.3 Å². The minimum absolute atomic E-state index is 0.0615. The Bertz CT molecular complexity index is 1140. The second-order valence-corrected chi connectivity index (χ2v) is 7.72. The Kier molecular flexibility index (Phi) is 6.78. The van der Waals surface area contributed by atoms with Crippen molar-refractivity contribution in [2.45, 2.75) is 12.5 Å². The number of benzene rings is 3. The summed E-state index contributed by atoms with van der Waals surface area (Å²) in [5, 5.41) is 4.69. The van der Waals surface area contributed by atoms with Crippen molar-refractivity contribution in [2.24, 2.45) is 0 Å². The standard InChI is InChI=1S/C26H22ClN3O2/c1-2-17-30(18-23-28-25(29-32-23)21-13-15-22(27)16-14-21)26(31)24(19-9-5-3-6-10-19)20-11-7-4-8-12-20/h2-16,24H,1,17-18H2. The molecule has 0 bridgehead atoms. The van der Waals surface area contributed by atoms with Crippen LogP contribution in [0.5, 0.6) is 0 Å². The summed E-state index contributed by atoms with van der Waals surface area (Å²) in [6.07, 6.45) is 1.70. The van der Waals surface area contributed by atoms with E-state index in [2.05, 4.69) is 16.7 Å². The molecule has 4 aromatic rings. The highest BCUT2D eigenvalue weighted by atomic mass is 35.5. The van der Waals surface area contributed by atoms with E-state index >= 15 is 0 Å². The molecule has 4 rings (SSSR count). The summed E-state index contributed by atoms with van der Waals surface area (Å²) >= 11 is 5.96. The first kappa shape index (κ1) is 21.5. The lowest BCUT2D eigenvalue weighted by molar-refractivity contribution is -0.132. The van der Waals surface area contributed by atoms with Crippen LogP contribution in [0.2, 0.25) is 5.02 Å². The summed E-state index contributed by atoms with van der Waals surface area (Å²) in [4.78, 5) is 19.9. The van der Waals surface area contributed by atoms with Crippen LogP contribution in [0.3, 0.4) is 0 Å². The van der Waals surface area contributed by atoms with E-state index in [1.165, 1.54) is 0 Å². The van der Waals surface area contributed by atoms with Gasteiger partial charge in [0.1, 0.15) is 6.54 Å². The Morgan fingerprint density at radius 2 is 1.56 bits per heavy atom. The predicted molar refractivity (Wildman–Crippen MR) is 125 cm³/mol. The zero-order chi connectivity index (χ0) is 22.3. The average Bonchev–Trinajstić information content (AvgIpc) is 3.29. The lowest BCUT2D eigenvalue weighted by Crippen LogP contribution is -2.35. The summed E-state index contributed by atoms with van der Waals surface area (Å²) in [6.45, 7) is 4.35. The Labute approximate surface area is 192 Å². The first-order valence-corrected chi connectivity index (χ1v) is 10.6. The first-order valence-electron chi connectivity index (χ1n) is 10.2. The van der Waals surface area contributed by atoms with Crippen LogP contribution in [0, 0.1) is 0 Å². The van der Waals surface area contributed by atoms with Crippen molar-refractivity contribution in [1.29, 1.82) is 0 Å². The number of amides is 1. The van der Waals surface area contributed by atoms with Gasteiger partial charge >= 0.3 is 0 Å². The van der Waals surface area contributed by atoms with Crippen molar-refractivity contribution < 1.29 is 9.32 Å². The van der Waals surface area contributed by atoms with Crippen LogP contribution in [0.25, 0.3) is 11.4 Å². The minimum Gasteiger partial charge on any atom is -0.337 e. The molecule has 6 heteroatoms. The van der Waals surface area contributed by atoms with Crippen LogP contribution in [0.4, 0.5) is 0 Å². The second kappa shape index (κ2) is 10.1. The smallest absolute Gasteiger partial charge is 0.246 e. The zero-order valence-corrected chi connectivity index (χ0v) is 18.2. The summed E-state index contributed by atoms with van der Waals surface area (Å²) in [5.74, 6) is 0.292. The molecule has 0 saturated heterocycles. The van der Waals surface area contributed by atoms with Gasteiger partial charge in [-0.25, -0.2) is 0 Å². The molecule has 0 aliphatic heterocycles. The number of hydrogen-bond acceptors (Lipinski definition) is 4. The van der Waals surface area contributed by atoms with E-state index in [0.717, 1.165) is 16.7 Å². The highest BCUT2D eigenvalue weighted by Crippen LogP contribution is 2.28. The quantitative estimate of drug-likeness (QED) is 0.326. The summed E-state index contributed by atoms with van der Waals surface area (Å²) < 4.78 is 5.45. The molecule has 5 nitrogen and oxygen atoms in total. The molecular weight excluding hydrogens is 422 g/mol. The highest BCUT2D eigenvalue weighted by molar-refractivity contribution is 6.30. The lowest BCUT2D eigenvalue weighted by atomic mass is 9.90. The Hall–Kier alpha value is -3.70. The van der Waals surface area contributed by atoms with E-state index in [1.54, 1.807) is 23.1 Å². The SMILES string of the molecule is C=CCN(Cc1nc(-c2ccc(Cl)cc2)no1)C(=O)C(c1ccccc1)c1ccccc1. The summed E-state index contributed by atoms with van der Waals surface area (Å²) in [7, 11) is 0. The first-order chi connectivity index (χ1) is 15.7. The normalized spacial score (nSPS) is 10.8. The molecule has 1 amide bonds. The van der Waals surface area contributed by atoms with Gasteiger partial charge in [-0.15, -0.1) is 6.58 Å². The molecule has 3 aromatic carbocycles. The molecular formula is C26H22ClN3O2. The van der Waals surface area contributed by atoms with Crippen LogP contribution < -0.4 is 0 Å². The second-order valence-electron chi connectivity index (χ2n) is 7.28. The van der Waals surface area contributed by atoms with E-state index in [4.69, 9.17) is 16.1 Å². The van der Waals surface area contributed by atoms with Gasteiger partial charge in [0.2, 0.25) is 17.6 Å². The summed E-state index contributed by atoms with van der Waals surface area (Å²) in [5.41, 5.74) is 2.63. The van der Waals surface area contributed by atoms with Crippen molar-refractivity contribution in [3.8, 4) is 11.4 Å². The maximum atomic E-state index is 13.7. The molecule has 1 aromatic heterocycles. The number of carbonyl (C=O) groups excluding carboxylic acids is 1. The van der Waals surface area contributed by atoms with E-state index < -0.39 is 5.92 Å². The Balaban J connectivity index is 1.61. The highest BCUT2D eigenvalue weighted by Gasteiger charge is 2.28. The maximum Gasteiger partial charge on any atom is 0.246 e. The van der Waals surface area contributed by atoms with Crippen molar-refractivity contribution in [1.82, 2.24) is 15.0 Å². The van der Waals surface area contributed by atoms with Gasteiger partial charge in [-0.3, -0.25) is 4.79 Å². The topological polar surface area (TPSA) is 59.2 Å². The van der Waals surface area contributed by atoms with Crippen LogP contribution in [0.1, 0.15) is 22.9 Å². The van der Waals surface area contributed by atoms with Gasteiger partial charge < -0.3 is 9.42 Å². The monoisotopic (exact) mass is 443 g/mol. The molecule has 0 spiro atoms. The molecule has 0 saturated carbocycles. The fraction of sp³-hybridized carbons (Fsp3) is 0.115. The van der Waals surface area contributed by atoms with Crippen LogP contribution >= 0.6 is 11.6 Å². The molecule has 0 aliphatic rings. The summed E-state index contributed by atoms with van der Waals surface area (Å²) in [6, 6.07) is 26.7. The number of carbonyl (C=O) groups is 1. The molecule has 0 radical (unpaired) electrons. The molecule has 160 valence electrons. The molecule has 0 atom stereocenters. The average molecular weight is 444 g/mol. The number of nitrogens with zero attached hydrogens (tertiary/aromatic N) is 3. The molecule has 1 heterocycles. The largest absolute Gasteiger partial charge is 0.337 e. The van der Waals surface area contributed by atoms with Gasteiger partial charge in [-0.2, -0.15) is 4.98 Å². The molecule has 0 N–H and O–H groups in total. The number of rotatable bonds is 8. The van der Waals surface area contributed by atoms with Gasteiger partial charge in [-0.1, -0.05) is 83.5 Å². The van der Waals surface area contributed by atoms with Gasteiger partial charge in [-0.05, 0) is 35.4 Å². The van der Waals surface area contributed by atoms with Gasteiger partial charge in [0.05, 0.1) is 5.92 Å². The van der Waals surface area contributed by atoms with Crippen molar-refractivity contribution >= 4 is 17.5 Å². The number of hydrogen-bond donors (Lipinski definition) is 0. The molecule has 32 heavy (non-hydrogen) atoms. The Morgan fingerprint density at radius 3 is 2.12 bits per heavy atom. The third kappa shape index (κ3) is 4.95. The van der Waals surface area contributed by atoms with E-state index in [1.807, 2.05) is 72.8 Å². The zero-order valence-electron chi connectivity index (χ0n) is 17.4. The van der Waals surface area contributed by atoms with Gasteiger partial charge in [0, 0.05) is 17.1 Å². The van der Waals surface area contributed by atoms with Gasteiger partial charge in [0.15, 0.2) is 0 Å². The maximum absolute atomic E-state index is 13.7. The van der Waals surface area contributed by atoms with E-state index in [-0.39, 0.29) is 12.5 Å². The number of halogens is 1. The predicted octanol–water partition coefficient (Wildman–Crippen LogP) is 5.74. The third-order valence-electron chi connectivity index (χ3n) is 5.07. The minimum atomic E-state index is -0.448. The molecule has 0 fully saturated rings. The van der Waals surface area contributed by atoms with Crippen molar-refractivity contribution in [3.05, 3.63) is 120 Å². The van der Waals surface area contributed by atoms with Gasteiger partial charge in [0.25, 0.3) is 0 Å². The molecule has 0 unspecified atom stereocenters. The Morgan fingerprint density at radius 1 is 0.969 bits per heavy atom.